The van der Waals surface area contributed by atoms with E-state index in [0.29, 0.717) is 25.2 Å². The molecule has 3 aliphatic rings. The number of rotatable bonds is 3. The van der Waals surface area contributed by atoms with Gasteiger partial charge in [-0.2, -0.15) is 0 Å². The Kier molecular flexibility index (Phi) is 5.05. The van der Waals surface area contributed by atoms with E-state index in [-0.39, 0.29) is 11.7 Å². The van der Waals surface area contributed by atoms with Crippen LogP contribution in [0.1, 0.15) is 44.9 Å². The van der Waals surface area contributed by atoms with Gasteiger partial charge in [-0.15, -0.1) is 0 Å². The van der Waals surface area contributed by atoms with Crippen LogP contribution in [0.5, 0.6) is 0 Å². The predicted octanol–water partition coefficient (Wildman–Crippen LogP) is 3.14. The van der Waals surface area contributed by atoms with Crippen LogP contribution in [0.15, 0.2) is 12.3 Å². The number of amides is 1. The van der Waals surface area contributed by atoms with E-state index in [0.717, 1.165) is 63.8 Å². The summed E-state index contributed by atoms with van der Waals surface area (Å²) in [6.07, 6.45) is 7.75. The SMILES string of the molecule is CO[C@H]1CC[C@H](N2CCC3(CCCN(c4ncc(F)cc4F)C3)C2=O)CC1. The Bertz CT molecular complexity index is 708. The molecule has 1 unspecified atom stereocenters. The van der Waals surface area contributed by atoms with Crippen molar-refractivity contribution in [2.75, 3.05) is 31.6 Å². The van der Waals surface area contributed by atoms with Gasteiger partial charge in [-0.1, -0.05) is 0 Å². The first-order valence-corrected chi connectivity index (χ1v) is 9.92. The molecule has 0 radical (unpaired) electrons. The number of hydrogen-bond donors (Lipinski definition) is 0. The van der Waals surface area contributed by atoms with Crippen molar-refractivity contribution >= 4 is 11.7 Å². The van der Waals surface area contributed by atoms with Crippen molar-refractivity contribution in [2.24, 2.45) is 5.41 Å². The number of ether oxygens (including phenoxy) is 1. The van der Waals surface area contributed by atoms with Crippen molar-refractivity contribution in [3.8, 4) is 0 Å². The minimum Gasteiger partial charge on any atom is -0.381 e. The van der Waals surface area contributed by atoms with Gasteiger partial charge in [0, 0.05) is 38.9 Å². The van der Waals surface area contributed by atoms with E-state index in [2.05, 4.69) is 9.88 Å². The van der Waals surface area contributed by atoms with Gasteiger partial charge in [0.2, 0.25) is 5.91 Å². The van der Waals surface area contributed by atoms with Gasteiger partial charge < -0.3 is 14.5 Å². The Morgan fingerprint density at radius 1 is 1.19 bits per heavy atom. The Morgan fingerprint density at radius 2 is 1.96 bits per heavy atom. The van der Waals surface area contributed by atoms with Gasteiger partial charge in [0.25, 0.3) is 0 Å². The lowest BCUT2D eigenvalue weighted by Crippen LogP contribution is -2.50. The molecular formula is C20H27F2N3O2. The molecule has 1 atom stereocenters. The van der Waals surface area contributed by atoms with E-state index in [9.17, 15) is 13.6 Å². The number of nitrogens with zero attached hydrogens (tertiary/aromatic N) is 3. The van der Waals surface area contributed by atoms with Crippen molar-refractivity contribution in [3.63, 3.8) is 0 Å². The Balaban J connectivity index is 1.48. The number of aromatic nitrogens is 1. The second-order valence-corrected chi connectivity index (χ2v) is 8.18. The van der Waals surface area contributed by atoms with Crippen molar-refractivity contribution in [1.29, 1.82) is 0 Å². The van der Waals surface area contributed by atoms with Crippen LogP contribution in [0.4, 0.5) is 14.6 Å². The third-order valence-electron chi connectivity index (χ3n) is 6.63. The number of pyridine rings is 1. The van der Waals surface area contributed by atoms with Gasteiger partial charge in [-0.25, -0.2) is 13.8 Å². The number of hydrogen-bond acceptors (Lipinski definition) is 4. The summed E-state index contributed by atoms with van der Waals surface area (Å²) in [4.78, 5) is 21.2. The standard InChI is InChI=1S/C20H27F2N3O2/c1-27-16-5-3-15(4-6-16)25-10-8-20(19(25)26)7-2-9-24(13-20)18-17(22)11-14(21)12-23-18/h11-12,15-16H,2-10,13H2,1H3/t15-,16-,20?. The molecule has 1 saturated carbocycles. The number of carbonyl (C=O) groups excluding carboxylic acids is 1. The second-order valence-electron chi connectivity index (χ2n) is 8.18. The van der Waals surface area contributed by atoms with Gasteiger partial charge >= 0.3 is 0 Å². The summed E-state index contributed by atoms with van der Waals surface area (Å²) in [7, 11) is 1.75. The van der Waals surface area contributed by atoms with Crippen molar-refractivity contribution < 1.29 is 18.3 Å². The number of halogens is 2. The summed E-state index contributed by atoms with van der Waals surface area (Å²) < 4.78 is 32.8. The summed E-state index contributed by atoms with van der Waals surface area (Å²) in [5, 5.41) is 0. The first-order chi connectivity index (χ1) is 13.0. The van der Waals surface area contributed by atoms with Crippen molar-refractivity contribution in [3.05, 3.63) is 23.9 Å². The van der Waals surface area contributed by atoms with Crippen molar-refractivity contribution in [2.45, 2.75) is 57.1 Å². The van der Waals surface area contributed by atoms with Crippen LogP contribution in [0, 0.1) is 17.0 Å². The highest BCUT2D eigenvalue weighted by atomic mass is 19.1. The van der Waals surface area contributed by atoms with E-state index in [1.54, 1.807) is 7.11 Å². The summed E-state index contributed by atoms with van der Waals surface area (Å²) in [5.74, 6) is -0.983. The van der Waals surface area contributed by atoms with Gasteiger partial charge in [-0.05, 0) is 44.9 Å². The van der Waals surface area contributed by atoms with Gasteiger partial charge in [-0.3, -0.25) is 4.79 Å². The maximum Gasteiger partial charge on any atom is 0.230 e. The molecule has 148 valence electrons. The molecule has 3 heterocycles. The van der Waals surface area contributed by atoms with Crippen LogP contribution >= 0.6 is 0 Å². The fraction of sp³-hybridized carbons (Fsp3) is 0.700. The Labute approximate surface area is 158 Å². The maximum absolute atomic E-state index is 14.2. The molecule has 3 fully saturated rings. The molecule has 1 spiro atoms. The third-order valence-corrected chi connectivity index (χ3v) is 6.63. The summed E-state index contributed by atoms with van der Waals surface area (Å²) in [6, 6.07) is 1.15. The smallest absolute Gasteiger partial charge is 0.230 e. The van der Waals surface area contributed by atoms with E-state index in [4.69, 9.17) is 4.74 Å². The molecule has 5 nitrogen and oxygen atoms in total. The fourth-order valence-corrected chi connectivity index (χ4v) is 5.12. The summed E-state index contributed by atoms with van der Waals surface area (Å²) in [6.45, 7) is 1.88. The van der Waals surface area contributed by atoms with Gasteiger partial charge in [0.1, 0.15) is 5.82 Å². The molecule has 2 aliphatic heterocycles. The molecule has 0 aromatic carbocycles. The first kappa shape index (κ1) is 18.6. The quantitative estimate of drug-likeness (QED) is 0.810. The Hall–Kier alpha value is -1.76. The number of likely N-dealkylation sites (tertiary alicyclic amines) is 1. The minimum atomic E-state index is -0.683. The largest absolute Gasteiger partial charge is 0.381 e. The van der Waals surface area contributed by atoms with Crippen LogP contribution in [-0.4, -0.2) is 54.7 Å². The number of anilines is 1. The van der Waals surface area contributed by atoms with Crippen LogP contribution in [-0.2, 0) is 9.53 Å². The third kappa shape index (κ3) is 3.42. The minimum absolute atomic E-state index is 0.155. The lowest BCUT2D eigenvalue weighted by molar-refractivity contribution is -0.139. The molecule has 1 aromatic rings. The van der Waals surface area contributed by atoms with E-state index in [1.807, 2.05) is 4.90 Å². The zero-order chi connectivity index (χ0) is 19.0. The zero-order valence-corrected chi connectivity index (χ0v) is 15.8. The number of methoxy groups -OCH3 is 1. The van der Waals surface area contributed by atoms with Gasteiger partial charge in [0.05, 0.1) is 17.7 Å². The zero-order valence-electron chi connectivity index (χ0n) is 15.8. The monoisotopic (exact) mass is 379 g/mol. The molecule has 1 amide bonds. The van der Waals surface area contributed by atoms with Crippen LogP contribution < -0.4 is 4.90 Å². The molecule has 1 aromatic heterocycles. The molecule has 0 bridgehead atoms. The van der Waals surface area contributed by atoms with Crippen LogP contribution in [0.25, 0.3) is 0 Å². The topological polar surface area (TPSA) is 45.7 Å². The second kappa shape index (κ2) is 7.34. The molecule has 4 rings (SSSR count). The van der Waals surface area contributed by atoms with E-state index >= 15 is 0 Å². The van der Waals surface area contributed by atoms with E-state index < -0.39 is 17.0 Å². The van der Waals surface area contributed by atoms with Crippen molar-refractivity contribution in [1.82, 2.24) is 9.88 Å². The fourth-order valence-electron chi connectivity index (χ4n) is 5.12. The summed E-state index contributed by atoms with van der Waals surface area (Å²) in [5.41, 5.74) is -0.459. The maximum atomic E-state index is 14.2. The van der Waals surface area contributed by atoms with Gasteiger partial charge in [0.15, 0.2) is 11.6 Å². The predicted molar refractivity (Wildman–Crippen MR) is 97.4 cm³/mol. The number of carbonyl (C=O) groups is 1. The highest BCUT2D eigenvalue weighted by Crippen LogP contribution is 2.43. The van der Waals surface area contributed by atoms with E-state index in [1.165, 1.54) is 0 Å². The molecule has 2 saturated heterocycles. The molecular weight excluding hydrogens is 352 g/mol. The lowest BCUT2D eigenvalue weighted by atomic mass is 9.78. The lowest BCUT2D eigenvalue weighted by Gasteiger charge is -2.41. The van der Waals surface area contributed by atoms with Crippen LogP contribution in [0.3, 0.4) is 0 Å². The molecule has 27 heavy (non-hydrogen) atoms. The molecule has 1 aliphatic carbocycles. The normalized spacial score (nSPS) is 31.7. The molecule has 0 N–H and O–H groups in total. The number of piperidine rings is 1. The highest BCUT2D eigenvalue weighted by molar-refractivity contribution is 5.86. The Morgan fingerprint density at radius 3 is 2.67 bits per heavy atom. The summed E-state index contributed by atoms with van der Waals surface area (Å²) >= 11 is 0. The van der Waals surface area contributed by atoms with Crippen LogP contribution in [0.2, 0.25) is 0 Å². The first-order valence-electron chi connectivity index (χ1n) is 9.92. The molecule has 7 heteroatoms. The highest BCUT2D eigenvalue weighted by Gasteiger charge is 2.51. The average molecular weight is 379 g/mol. The average Bonchev–Trinajstić information content (AvgIpc) is 2.98.